The van der Waals surface area contributed by atoms with Crippen LogP contribution in [0.2, 0.25) is 0 Å². The Kier molecular flexibility index (Phi) is 5.38. The van der Waals surface area contributed by atoms with E-state index in [0.29, 0.717) is 12.5 Å². The van der Waals surface area contributed by atoms with Crippen molar-refractivity contribution in [2.24, 2.45) is 11.7 Å². The number of non-ortho nitro benzene ring substituents is 1. The third-order valence-electron chi connectivity index (χ3n) is 5.52. The third-order valence-corrected chi connectivity index (χ3v) is 5.52. The highest BCUT2D eigenvalue weighted by Crippen LogP contribution is 2.46. The van der Waals surface area contributed by atoms with Gasteiger partial charge in [0.25, 0.3) is 5.69 Å². The number of hydrogen-bond acceptors (Lipinski definition) is 4. The second kappa shape index (κ2) is 8.13. The van der Waals surface area contributed by atoms with E-state index >= 15 is 0 Å². The van der Waals surface area contributed by atoms with Gasteiger partial charge >= 0.3 is 0 Å². The SMILES string of the molecule is CC(C)[C@H](N)COc1ccccc1C=C1c2ccccc2-c2ccc([N+](=O)[O-])cc21. The zero-order valence-electron chi connectivity index (χ0n) is 17.0. The summed E-state index contributed by atoms with van der Waals surface area (Å²) in [6.07, 6.45) is 2.05. The average Bonchev–Trinajstić information content (AvgIpc) is 3.06. The molecule has 152 valence electrons. The predicted octanol–water partition coefficient (Wildman–Crippen LogP) is 5.53. The van der Waals surface area contributed by atoms with Gasteiger partial charge in [0, 0.05) is 23.7 Å². The van der Waals surface area contributed by atoms with Crippen molar-refractivity contribution in [1.82, 2.24) is 0 Å². The highest BCUT2D eigenvalue weighted by atomic mass is 16.6. The molecule has 30 heavy (non-hydrogen) atoms. The Bertz CT molecular complexity index is 1130. The van der Waals surface area contributed by atoms with Crippen LogP contribution in [0.1, 0.15) is 30.5 Å². The molecular weight excluding hydrogens is 376 g/mol. The van der Waals surface area contributed by atoms with Crippen LogP contribution >= 0.6 is 0 Å². The van der Waals surface area contributed by atoms with E-state index in [1.807, 2.05) is 60.7 Å². The quantitative estimate of drug-likeness (QED) is 0.341. The highest BCUT2D eigenvalue weighted by molar-refractivity contribution is 6.07. The van der Waals surface area contributed by atoms with E-state index < -0.39 is 0 Å². The monoisotopic (exact) mass is 400 g/mol. The zero-order valence-corrected chi connectivity index (χ0v) is 17.0. The van der Waals surface area contributed by atoms with Crippen molar-refractivity contribution < 1.29 is 9.66 Å². The summed E-state index contributed by atoms with van der Waals surface area (Å²) in [5.41, 5.74) is 12.1. The highest BCUT2D eigenvalue weighted by Gasteiger charge is 2.25. The minimum atomic E-state index is -0.356. The molecule has 0 aromatic heterocycles. The van der Waals surface area contributed by atoms with Gasteiger partial charge < -0.3 is 10.5 Å². The predicted molar refractivity (Wildman–Crippen MR) is 120 cm³/mol. The number of nitrogens with two attached hydrogens (primary N) is 1. The fourth-order valence-electron chi connectivity index (χ4n) is 3.62. The first-order valence-corrected chi connectivity index (χ1v) is 10.0. The standard InChI is InChI=1S/C25H24N2O3/c1-16(2)24(26)15-30-25-10-6-3-7-17(25)13-22-20-9-5-4-8-19(20)21-12-11-18(27(28)29)14-23(21)22/h3-14,16,24H,15,26H2,1-2H3/t24-/m1/s1. The van der Waals surface area contributed by atoms with Gasteiger partial charge in [0.1, 0.15) is 12.4 Å². The van der Waals surface area contributed by atoms with E-state index in [1.165, 1.54) is 0 Å². The van der Waals surface area contributed by atoms with Gasteiger partial charge in [0.05, 0.1) is 4.92 Å². The Balaban J connectivity index is 1.80. The van der Waals surface area contributed by atoms with Crippen molar-refractivity contribution in [3.63, 3.8) is 0 Å². The maximum absolute atomic E-state index is 11.4. The topological polar surface area (TPSA) is 78.4 Å². The zero-order chi connectivity index (χ0) is 21.3. The smallest absolute Gasteiger partial charge is 0.270 e. The van der Waals surface area contributed by atoms with E-state index in [9.17, 15) is 10.1 Å². The molecule has 0 amide bonds. The minimum Gasteiger partial charge on any atom is -0.491 e. The Morgan fingerprint density at radius 3 is 2.37 bits per heavy atom. The first-order valence-electron chi connectivity index (χ1n) is 10.0. The van der Waals surface area contributed by atoms with Crippen molar-refractivity contribution in [3.05, 3.63) is 93.5 Å². The molecule has 0 aliphatic heterocycles. The number of hydrogen-bond donors (Lipinski definition) is 1. The molecule has 5 nitrogen and oxygen atoms in total. The molecule has 0 radical (unpaired) electrons. The van der Waals surface area contributed by atoms with Crippen LogP contribution in [-0.4, -0.2) is 17.6 Å². The van der Waals surface area contributed by atoms with Gasteiger partial charge in [-0.2, -0.15) is 0 Å². The number of fused-ring (bicyclic) bond motifs is 3. The van der Waals surface area contributed by atoms with E-state index in [2.05, 4.69) is 13.8 Å². The maximum atomic E-state index is 11.4. The molecular formula is C25H24N2O3. The van der Waals surface area contributed by atoms with Gasteiger partial charge in [-0.25, -0.2) is 0 Å². The van der Waals surface area contributed by atoms with E-state index in [1.54, 1.807) is 12.1 Å². The Hall–Kier alpha value is -3.44. The lowest BCUT2D eigenvalue weighted by atomic mass is 10.0. The fourth-order valence-corrected chi connectivity index (χ4v) is 3.62. The minimum absolute atomic E-state index is 0.0544. The van der Waals surface area contributed by atoms with Crippen LogP contribution in [0.15, 0.2) is 66.7 Å². The third kappa shape index (κ3) is 3.72. The molecule has 1 atom stereocenters. The molecule has 2 N–H and O–H groups in total. The molecule has 0 bridgehead atoms. The second-order valence-corrected chi connectivity index (χ2v) is 7.85. The van der Waals surface area contributed by atoms with Crippen LogP contribution < -0.4 is 10.5 Å². The summed E-state index contributed by atoms with van der Waals surface area (Å²) in [5, 5.41) is 11.4. The first kappa shape index (κ1) is 19.9. The summed E-state index contributed by atoms with van der Waals surface area (Å²) in [4.78, 5) is 11.0. The Labute approximate surface area is 176 Å². The number of nitrogens with zero attached hydrogens (tertiary/aromatic N) is 1. The van der Waals surface area contributed by atoms with Crippen LogP contribution in [0.25, 0.3) is 22.8 Å². The summed E-state index contributed by atoms with van der Waals surface area (Å²) in [5.74, 6) is 1.07. The van der Waals surface area contributed by atoms with E-state index in [-0.39, 0.29) is 16.7 Å². The molecule has 0 spiro atoms. The maximum Gasteiger partial charge on any atom is 0.270 e. The van der Waals surface area contributed by atoms with Gasteiger partial charge in [-0.05, 0) is 52.0 Å². The lowest BCUT2D eigenvalue weighted by molar-refractivity contribution is -0.384. The first-order chi connectivity index (χ1) is 14.5. The summed E-state index contributed by atoms with van der Waals surface area (Å²) in [6.45, 7) is 4.57. The molecule has 0 heterocycles. The van der Waals surface area contributed by atoms with Crippen LogP contribution in [0.5, 0.6) is 5.75 Å². The number of nitro groups is 1. The number of para-hydroxylation sites is 1. The van der Waals surface area contributed by atoms with Crippen molar-refractivity contribution in [2.75, 3.05) is 6.61 Å². The molecule has 0 fully saturated rings. The van der Waals surface area contributed by atoms with Gasteiger partial charge in [-0.3, -0.25) is 10.1 Å². The van der Waals surface area contributed by atoms with Gasteiger partial charge in [0.2, 0.25) is 0 Å². The lowest BCUT2D eigenvalue weighted by Crippen LogP contribution is -2.33. The second-order valence-electron chi connectivity index (χ2n) is 7.85. The van der Waals surface area contributed by atoms with Crippen molar-refractivity contribution in [2.45, 2.75) is 19.9 Å². The molecule has 4 rings (SSSR count). The molecule has 1 aliphatic carbocycles. The average molecular weight is 400 g/mol. The molecule has 1 aliphatic rings. The van der Waals surface area contributed by atoms with Gasteiger partial charge in [0.15, 0.2) is 0 Å². The Morgan fingerprint density at radius 2 is 1.63 bits per heavy atom. The number of rotatable bonds is 6. The number of benzene rings is 3. The largest absolute Gasteiger partial charge is 0.491 e. The van der Waals surface area contributed by atoms with Crippen LogP contribution in [0.3, 0.4) is 0 Å². The number of nitro benzene ring substituents is 1. The van der Waals surface area contributed by atoms with Crippen molar-refractivity contribution in [1.29, 1.82) is 0 Å². The van der Waals surface area contributed by atoms with E-state index in [0.717, 1.165) is 39.1 Å². The molecule has 0 unspecified atom stereocenters. The summed E-state index contributed by atoms with van der Waals surface area (Å²) in [7, 11) is 0. The number of ether oxygens (including phenoxy) is 1. The fraction of sp³-hybridized carbons (Fsp3) is 0.200. The summed E-state index contributed by atoms with van der Waals surface area (Å²) >= 11 is 0. The Morgan fingerprint density at radius 1 is 0.967 bits per heavy atom. The lowest BCUT2D eigenvalue weighted by Gasteiger charge is -2.17. The molecule has 5 heteroatoms. The summed E-state index contributed by atoms with van der Waals surface area (Å²) in [6, 6.07) is 20.8. The van der Waals surface area contributed by atoms with Crippen molar-refractivity contribution >= 4 is 17.3 Å². The summed E-state index contributed by atoms with van der Waals surface area (Å²) < 4.78 is 6.03. The van der Waals surface area contributed by atoms with Crippen LogP contribution in [-0.2, 0) is 0 Å². The van der Waals surface area contributed by atoms with Gasteiger partial charge in [-0.15, -0.1) is 0 Å². The van der Waals surface area contributed by atoms with Crippen molar-refractivity contribution in [3.8, 4) is 16.9 Å². The molecule has 0 saturated carbocycles. The van der Waals surface area contributed by atoms with Crippen LogP contribution in [0.4, 0.5) is 5.69 Å². The van der Waals surface area contributed by atoms with Gasteiger partial charge in [-0.1, -0.05) is 56.3 Å². The molecule has 3 aromatic carbocycles. The normalized spacial score (nSPS) is 14.5. The van der Waals surface area contributed by atoms with Crippen LogP contribution in [0, 0.1) is 16.0 Å². The molecule has 3 aromatic rings. The molecule has 0 saturated heterocycles. The van der Waals surface area contributed by atoms with E-state index in [4.69, 9.17) is 10.5 Å².